The van der Waals surface area contributed by atoms with Gasteiger partial charge in [0, 0.05) is 17.5 Å². The minimum absolute atomic E-state index is 0. The van der Waals surface area contributed by atoms with E-state index >= 15 is 0 Å². The Bertz CT molecular complexity index is 592. The minimum Gasteiger partial charge on any atom is -0.494 e. The Morgan fingerprint density at radius 1 is 0.962 bits per heavy atom. The average molecular weight is 397 g/mol. The van der Waals surface area contributed by atoms with Crippen LogP contribution in [0.25, 0.3) is 11.3 Å². The smallest absolute Gasteiger partial charge is 0.119 e. The zero-order chi connectivity index (χ0) is 17.9. The zero-order valence-electron chi connectivity index (χ0n) is 16.4. The quantitative estimate of drug-likeness (QED) is 0.398. The molecule has 2 rings (SSSR count). The molecule has 1 heterocycles. The van der Waals surface area contributed by atoms with Gasteiger partial charge in [-0.05, 0) is 63.5 Å². The maximum Gasteiger partial charge on any atom is 0.119 e. The van der Waals surface area contributed by atoms with Crippen molar-refractivity contribution in [2.75, 3.05) is 26.2 Å². The van der Waals surface area contributed by atoms with E-state index < -0.39 is 0 Å². The fourth-order valence-electron chi connectivity index (χ4n) is 2.79. The summed E-state index contributed by atoms with van der Waals surface area (Å²) in [5, 5.41) is 3.21. The molecule has 26 heavy (non-hydrogen) atoms. The Kier molecular flexibility index (Phi) is 11.6. The number of rotatable bonds is 12. The molecule has 0 bridgehead atoms. The van der Waals surface area contributed by atoms with Crippen LogP contribution in [0.1, 0.15) is 51.0 Å². The van der Waals surface area contributed by atoms with E-state index in [0.29, 0.717) is 0 Å². The van der Waals surface area contributed by atoms with Crippen LogP contribution in [0.5, 0.6) is 5.75 Å². The van der Waals surface area contributed by atoms with Crippen molar-refractivity contribution in [1.82, 2.24) is 9.88 Å². The van der Waals surface area contributed by atoms with Crippen molar-refractivity contribution in [3.63, 3.8) is 0 Å². The maximum absolute atomic E-state index is 5.92. The van der Waals surface area contributed by atoms with Crippen molar-refractivity contribution in [3.05, 3.63) is 34.7 Å². The van der Waals surface area contributed by atoms with Crippen LogP contribution in [0.3, 0.4) is 0 Å². The molecule has 3 nitrogen and oxygen atoms in total. The Morgan fingerprint density at radius 2 is 1.58 bits per heavy atom. The highest BCUT2D eigenvalue weighted by atomic mass is 35.5. The van der Waals surface area contributed by atoms with Crippen LogP contribution >= 0.6 is 23.7 Å². The number of aromatic nitrogens is 1. The highest BCUT2D eigenvalue weighted by molar-refractivity contribution is 7.09. The Labute approximate surface area is 169 Å². The number of ether oxygens (including phenoxy) is 1. The second-order valence-corrected chi connectivity index (χ2v) is 7.59. The van der Waals surface area contributed by atoms with E-state index in [9.17, 15) is 0 Å². The monoisotopic (exact) mass is 396 g/mol. The van der Waals surface area contributed by atoms with Gasteiger partial charge in [0.05, 0.1) is 17.3 Å². The molecule has 0 aliphatic rings. The molecule has 1 aromatic carbocycles. The lowest BCUT2D eigenvalue weighted by atomic mass is 10.2. The molecule has 0 fully saturated rings. The zero-order valence-corrected chi connectivity index (χ0v) is 18.0. The van der Waals surface area contributed by atoms with E-state index in [1.54, 1.807) is 11.3 Å². The number of hydrogen-bond acceptors (Lipinski definition) is 4. The van der Waals surface area contributed by atoms with Gasteiger partial charge in [-0.2, -0.15) is 0 Å². The number of unbranched alkanes of at least 4 members (excludes halogenated alkanes) is 2. The topological polar surface area (TPSA) is 25.4 Å². The summed E-state index contributed by atoms with van der Waals surface area (Å²) in [7, 11) is 0. The third kappa shape index (κ3) is 8.07. The molecule has 2 aromatic rings. The Balaban J connectivity index is 0.00000338. The normalized spacial score (nSPS) is 10.8. The summed E-state index contributed by atoms with van der Waals surface area (Å²) >= 11 is 1.69. The molecule has 0 aliphatic carbocycles. The molecule has 0 unspecified atom stereocenters. The summed E-state index contributed by atoms with van der Waals surface area (Å²) in [6.45, 7) is 10.9. The number of hydrogen-bond donors (Lipinski definition) is 0. The van der Waals surface area contributed by atoms with E-state index in [4.69, 9.17) is 4.74 Å². The van der Waals surface area contributed by atoms with Gasteiger partial charge < -0.3 is 9.64 Å². The van der Waals surface area contributed by atoms with E-state index in [1.165, 1.54) is 38.8 Å². The predicted octanol–water partition coefficient (Wildman–Crippen LogP) is 6.21. The van der Waals surface area contributed by atoms with Crippen molar-refractivity contribution in [3.8, 4) is 17.0 Å². The molecule has 0 saturated carbocycles. The number of halogens is 1. The van der Waals surface area contributed by atoms with E-state index in [1.807, 2.05) is 6.92 Å². The lowest BCUT2D eigenvalue weighted by Crippen LogP contribution is -2.28. The molecular formula is C21H33ClN2OS. The molecule has 0 amide bonds. The molecule has 0 spiro atoms. The van der Waals surface area contributed by atoms with Crippen molar-refractivity contribution in [2.24, 2.45) is 0 Å². The standard InChI is InChI=1S/C21H32N2OS.ClH/c1-4-6-13-23(14-7-5-2)15-8-16-24-20-11-9-19(10-12-20)21-17-25-18(3)22-21;/h9-12,17H,4-8,13-16H2,1-3H3;1H. The van der Waals surface area contributed by atoms with Gasteiger partial charge in [0.25, 0.3) is 0 Å². The predicted molar refractivity (Wildman–Crippen MR) is 116 cm³/mol. The lowest BCUT2D eigenvalue weighted by Gasteiger charge is -2.21. The van der Waals surface area contributed by atoms with Crippen LogP contribution in [-0.2, 0) is 0 Å². The van der Waals surface area contributed by atoms with Crippen molar-refractivity contribution in [1.29, 1.82) is 0 Å². The van der Waals surface area contributed by atoms with Gasteiger partial charge >= 0.3 is 0 Å². The number of benzene rings is 1. The van der Waals surface area contributed by atoms with Crippen LogP contribution in [0.15, 0.2) is 29.6 Å². The van der Waals surface area contributed by atoms with E-state index in [2.05, 4.69) is 53.4 Å². The Hall–Kier alpha value is -1.10. The van der Waals surface area contributed by atoms with Gasteiger partial charge in [-0.1, -0.05) is 26.7 Å². The van der Waals surface area contributed by atoms with E-state index in [-0.39, 0.29) is 12.4 Å². The minimum atomic E-state index is 0. The summed E-state index contributed by atoms with van der Waals surface area (Å²) in [6.07, 6.45) is 6.21. The number of thiazole rings is 1. The largest absolute Gasteiger partial charge is 0.494 e. The van der Waals surface area contributed by atoms with Gasteiger partial charge in [0.1, 0.15) is 5.75 Å². The molecule has 5 heteroatoms. The van der Waals surface area contributed by atoms with Crippen LogP contribution in [0, 0.1) is 6.92 Å². The molecule has 1 aromatic heterocycles. The fraction of sp³-hybridized carbons (Fsp3) is 0.571. The molecule has 146 valence electrons. The fourth-order valence-corrected chi connectivity index (χ4v) is 3.42. The summed E-state index contributed by atoms with van der Waals surface area (Å²) in [4.78, 5) is 7.11. The van der Waals surface area contributed by atoms with E-state index in [0.717, 1.165) is 41.6 Å². The van der Waals surface area contributed by atoms with Crippen LogP contribution in [-0.4, -0.2) is 36.1 Å². The second-order valence-electron chi connectivity index (χ2n) is 6.53. The van der Waals surface area contributed by atoms with Crippen molar-refractivity contribution >= 4 is 23.7 Å². The summed E-state index contributed by atoms with van der Waals surface area (Å²) in [6, 6.07) is 8.29. The summed E-state index contributed by atoms with van der Waals surface area (Å²) in [5.41, 5.74) is 2.21. The summed E-state index contributed by atoms with van der Waals surface area (Å²) in [5.74, 6) is 0.948. The van der Waals surface area contributed by atoms with Gasteiger partial charge in [-0.3, -0.25) is 0 Å². The second kappa shape index (κ2) is 13.1. The molecule has 0 saturated heterocycles. The summed E-state index contributed by atoms with van der Waals surface area (Å²) < 4.78 is 5.92. The first kappa shape index (κ1) is 22.9. The van der Waals surface area contributed by atoms with Gasteiger partial charge in [0.2, 0.25) is 0 Å². The van der Waals surface area contributed by atoms with Gasteiger partial charge in [-0.25, -0.2) is 4.98 Å². The average Bonchev–Trinajstić information content (AvgIpc) is 3.07. The van der Waals surface area contributed by atoms with Crippen molar-refractivity contribution in [2.45, 2.75) is 52.9 Å². The molecule has 0 atom stereocenters. The third-order valence-corrected chi connectivity index (χ3v) is 5.09. The number of nitrogens with zero attached hydrogens (tertiary/aromatic N) is 2. The lowest BCUT2D eigenvalue weighted by molar-refractivity contribution is 0.229. The Morgan fingerprint density at radius 3 is 2.12 bits per heavy atom. The maximum atomic E-state index is 5.92. The van der Waals surface area contributed by atoms with Crippen LogP contribution in [0.2, 0.25) is 0 Å². The third-order valence-electron chi connectivity index (χ3n) is 4.31. The molecule has 0 aliphatic heterocycles. The SMILES string of the molecule is CCCCN(CCCC)CCCOc1ccc(-c2csc(C)n2)cc1.Cl. The van der Waals surface area contributed by atoms with Crippen molar-refractivity contribution < 1.29 is 4.74 Å². The molecule has 0 radical (unpaired) electrons. The first-order valence-electron chi connectivity index (χ1n) is 9.60. The highest BCUT2D eigenvalue weighted by Crippen LogP contribution is 2.23. The first-order valence-corrected chi connectivity index (χ1v) is 10.5. The highest BCUT2D eigenvalue weighted by Gasteiger charge is 2.05. The van der Waals surface area contributed by atoms with Crippen LogP contribution in [0.4, 0.5) is 0 Å². The van der Waals surface area contributed by atoms with Gasteiger partial charge in [0.15, 0.2) is 0 Å². The first-order chi connectivity index (χ1) is 12.2. The molecule has 0 N–H and O–H groups in total. The van der Waals surface area contributed by atoms with Crippen LogP contribution < -0.4 is 4.74 Å². The molecular weight excluding hydrogens is 364 g/mol. The number of aryl methyl sites for hydroxylation is 1. The van der Waals surface area contributed by atoms with Gasteiger partial charge in [-0.15, -0.1) is 23.7 Å².